The van der Waals surface area contributed by atoms with E-state index in [1.807, 2.05) is 0 Å². The highest BCUT2D eigenvalue weighted by atomic mass is 35.5. The Morgan fingerprint density at radius 2 is 2.04 bits per heavy atom. The molecule has 0 aromatic heterocycles. The Morgan fingerprint density at radius 3 is 2.75 bits per heavy atom. The molecule has 3 rings (SSSR count). The molecule has 1 aliphatic heterocycles. The summed E-state index contributed by atoms with van der Waals surface area (Å²) in [4.78, 5) is 10.1. The van der Waals surface area contributed by atoms with E-state index in [1.165, 1.54) is 24.3 Å². The molecule has 1 heterocycles. The Kier molecular flexibility index (Phi) is 8.59. The smallest absolute Gasteiger partial charge is 0.289 e. The van der Waals surface area contributed by atoms with Crippen molar-refractivity contribution in [1.82, 2.24) is 15.4 Å². The summed E-state index contributed by atoms with van der Waals surface area (Å²) in [6.07, 6.45) is 3.32. The van der Waals surface area contributed by atoms with E-state index in [0.717, 1.165) is 32.4 Å². The summed E-state index contributed by atoms with van der Waals surface area (Å²) in [7, 11) is -3.93. The highest BCUT2D eigenvalue weighted by Crippen LogP contribution is 2.29. The number of sulfonamides is 1. The standard InChI is InChI=1S/C17H26N4O5S.ClH/c22-21(23)16-6-1-2-7-17(16)27(24,25)20-9-8-18-14-5-3-4-13(14)15-12-26-11-10-19-15;/h1-2,6-7,13-15,18-20H,3-5,8-12H2;1H. The van der Waals surface area contributed by atoms with Crippen molar-refractivity contribution >= 4 is 28.1 Å². The van der Waals surface area contributed by atoms with Gasteiger partial charge in [-0.25, -0.2) is 13.1 Å². The Balaban J connectivity index is 0.00000280. The second-order valence-electron chi connectivity index (χ2n) is 6.91. The van der Waals surface area contributed by atoms with E-state index in [9.17, 15) is 18.5 Å². The van der Waals surface area contributed by atoms with E-state index in [2.05, 4.69) is 15.4 Å². The van der Waals surface area contributed by atoms with Gasteiger partial charge in [-0.05, 0) is 24.8 Å². The van der Waals surface area contributed by atoms with Crippen LogP contribution in [0.1, 0.15) is 19.3 Å². The Morgan fingerprint density at radius 1 is 1.25 bits per heavy atom. The number of nitro groups is 1. The highest BCUT2D eigenvalue weighted by Gasteiger charge is 2.34. The van der Waals surface area contributed by atoms with Crippen molar-refractivity contribution in [2.24, 2.45) is 5.92 Å². The first kappa shape index (κ1) is 23.0. The first-order valence-corrected chi connectivity index (χ1v) is 10.7. The molecule has 3 atom stereocenters. The van der Waals surface area contributed by atoms with Crippen LogP contribution >= 0.6 is 12.4 Å². The zero-order valence-corrected chi connectivity index (χ0v) is 17.1. The number of morpholine rings is 1. The average Bonchev–Trinajstić information content (AvgIpc) is 3.14. The fraction of sp³-hybridized carbons (Fsp3) is 0.647. The number of benzene rings is 1. The molecule has 0 amide bonds. The lowest BCUT2D eigenvalue weighted by atomic mass is 9.94. The van der Waals surface area contributed by atoms with Crippen LogP contribution in [0, 0.1) is 16.0 Å². The zero-order valence-electron chi connectivity index (χ0n) is 15.5. The lowest BCUT2D eigenvalue weighted by molar-refractivity contribution is -0.387. The maximum absolute atomic E-state index is 12.4. The van der Waals surface area contributed by atoms with Crippen LogP contribution in [0.2, 0.25) is 0 Å². The number of hydrogen-bond donors (Lipinski definition) is 3. The minimum Gasteiger partial charge on any atom is -0.379 e. The van der Waals surface area contributed by atoms with Crippen molar-refractivity contribution in [3.8, 4) is 0 Å². The van der Waals surface area contributed by atoms with E-state index >= 15 is 0 Å². The number of nitrogens with zero attached hydrogens (tertiary/aromatic N) is 1. The Hall–Kier alpha value is -1.30. The van der Waals surface area contributed by atoms with Crippen molar-refractivity contribution in [3.63, 3.8) is 0 Å². The maximum Gasteiger partial charge on any atom is 0.289 e. The van der Waals surface area contributed by atoms with Crippen LogP contribution in [-0.4, -0.2) is 58.3 Å². The topological polar surface area (TPSA) is 123 Å². The summed E-state index contributed by atoms with van der Waals surface area (Å²) in [5.74, 6) is 0.470. The summed E-state index contributed by atoms with van der Waals surface area (Å²) >= 11 is 0. The SMILES string of the molecule is Cl.O=[N+]([O-])c1ccccc1S(=O)(=O)NCCNC1CCCC1C1COCCN1. The molecule has 9 nitrogen and oxygen atoms in total. The first-order valence-electron chi connectivity index (χ1n) is 9.26. The summed E-state index contributed by atoms with van der Waals surface area (Å²) in [5, 5.41) is 18.0. The largest absolute Gasteiger partial charge is 0.379 e. The number of nitro benzene ring substituents is 1. The number of hydrogen-bond acceptors (Lipinski definition) is 7. The zero-order chi connectivity index (χ0) is 19.3. The predicted octanol–water partition coefficient (Wildman–Crippen LogP) is 1.04. The molecule has 11 heteroatoms. The monoisotopic (exact) mass is 434 g/mol. The number of nitrogens with one attached hydrogen (secondary N) is 3. The van der Waals surface area contributed by atoms with Gasteiger partial charge in [0, 0.05) is 37.8 Å². The summed E-state index contributed by atoms with van der Waals surface area (Å²) in [6.45, 7) is 2.96. The van der Waals surface area contributed by atoms with E-state index in [4.69, 9.17) is 4.74 Å². The summed E-state index contributed by atoms with van der Waals surface area (Å²) in [5.41, 5.74) is -0.419. The van der Waals surface area contributed by atoms with Crippen LogP contribution in [0.25, 0.3) is 0 Å². The normalized spacial score (nSPS) is 25.2. The van der Waals surface area contributed by atoms with Crippen LogP contribution in [0.3, 0.4) is 0 Å². The molecule has 2 aliphatic rings. The van der Waals surface area contributed by atoms with E-state index in [-0.39, 0.29) is 23.8 Å². The van der Waals surface area contributed by atoms with Gasteiger partial charge >= 0.3 is 0 Å². The average molecular weight is 435 g/mol. The Bertz CT molecular complexity index is 758. The van der Waals surface area contributed by atoms with Crippen LogP contribution in [0.5, 0.6) is 0 Å². The number of ether oxygens (including phenoxy) is 1. The lowest BCUT2D eigenvalue weighted by Gasteiger charge is -2.33. The molecular weight excluding hydrogens is 408 g/mol. The molecule has 28 heavy (non-hydrogen) atoms. The van der Waals surface area contributed by atoms with Crippen molar-refractivity contribution in [3.05, 3.63) is 34.4 Å². The molecule has 0 radical (unpaired) electrons. The molecule has 3 unspecified atom stereocenters. The van der Waals surface area contributed by atoms with Crippen LogP contribution in [0.4, 0.5) is 5.69 Å². The molecule has 1 aromatic carbocycles. The fourth-order valence-electron chi connectivity index (χ4n) is 3.94. The van der Waals surface area contributed by atoms with Crippen molar-refractivity contribution in [2.45, 2.75) is 36.2 Å². The van der Waals surface area contributed by atoms with Crippen LogP contribution in [-0.2, 0) is 14.8 Å². The molecular formula is C17H27ClN4O5S. The van der Waals surface area contributed by atoms with Gasteiger partial charge in [-0.3, -0.25) is 10.1 Å². The number of rotatable bonds is 8. The summed E-state index contributed by atoms with van der Waals surface area (Å²) < 4.78 is 32.8. The second-order valence-corrected chi connectivity index (χ2v) is 8.65. The maximum atomic E-state index is 12.4. The third-order valence-electron chi connectivity index (χ3n) is 5.21. The predicted molar refractivity (Wildman–Crippen MR) is 107 cm³/mol. The van der Waals surface area contributed by atoms with Crippen LogP contribution in [0.15, 0.2) is 29.2 Å². The Labute approximate surface area is 171 Å². The quantitative estimate of drug-likeness (QED) is 0.317. The number of halogens is 1. The van der Waals surface area contributed by atoms with Gasteiger partial charge in [0.25, 0.3) is 5.69 Å². The molecule has 1 aromatic rings. The third-order valence-corrected chi connectivity index (χ3v) is 6.72. The van der Waals surface area contributed by atoms with Gasteiger partial charge < -0.3 is 15.4 Å². The first-order chi connectivity index (χ1) is 13.0. The van der Waals surface area contributed by atoms with Gasteiger partial charge in [-0.15, -0.1) is 12.4 Å². The molecule has 1 aliphatic carbocycles. The molecule has 158 valence electrons. The highest BCUT2D eigenvalue weighted by molar-refractivity contribution is 7.89. The molecule has 2 fully saturated rings. The molecule has 0 bridgehead atoms. The molecule has 3 N–H and O–H groups in total. The van der Waals surface area contributed by atoms with Gasteiger partial charge in [0.1, 0.15) is 0 Å². The van der Waals surface area contributed by atoms with Gasteiger partial charge in [0.15, 0.2) is 4.90 Å². The van der Waals surface area contributed by atoms with Crippen LogP contribution < -0.4 is 15.4 Å². The number of para-hydroxylation sites is 1. The minimum absolute atomic E-state index is 0. The van der Waals surface area contributed by atoms with Crippen molar-refractivity contribution < 1.29 is 18.1 Å². The van der Waals surface area contributed by atoms with Gasteiger partial charge in [-0.1, -0.05) is 18.6 Å². The third kappa shape index (κ3) is 5.62. The van der Waals surface area contributed by atoms with Gasteiger partial charge in [0.05, 0.1) is 18.1 Å². The molecule has 1 saturated heterocycles. The second kappa shape index (κ2) is 10.5. The van der Waals surface area contributed by atoms with E-state index in [0.29, 0.717) is 31.2 Å². The van der Waals surface area contributed by atoms with Crippen molar-refractivity contribution in [2.75, 3.05) is 32.8 Å². The minimum atomic E-state index is -3.93. The molecule has 0 spiro atoms. The summed E-state index contributed by atoms with van der Waals surface area (Å²) in [6, 6.07) is 6.01. The van der Waals surface area contributed by atoms with Gasteiger partial charge in [0.2, 0.25) is 10.0 Å². The van der Waals surface area contributed by atoms with E-state index < -0.39 is 20.6 Å². The van der Waals surface area contributed by atoms with Crippen molar-refractivity contribution in [1.29, 1.82) is 0 Å². The van der Waals surface area contributed by atoms with Gasteiger partial charge in [-0.2, -0.15) is 0 Å². The van der Waals surface area contributed by atoms with E-state index in [1.54, 1.807) is 0 Å². The lowest BCUT2D eigenvalue weighted by Crippen LogP contribution is -2.51. The fourth-order valence-corrected chi connectivity index (χ4v) is 5.14. The molecule has 1 saturated carbocycles.